The van der Waals surface area contributed by atoms with Gasteiger partial charge in [-0.25, -0.2) is 0 Å². The Labute approximate surface area is 118 Å². The SMILES string of the molecule is CCCCC(CC)(CO)Cc1ccc(C(F)(F)F)cc1. The molecular weight excluding hydrogens is 265 g/mol. The van der Waals surface area contributed by atoms with Crippen LogP contribution in [-0.2, 0) is 12.6 Å². The van der Waals surface area contributed by atoms with Gasteiger partial charge in [-0.15, -0.1) is 0 Å². The second-order valence-corrected chi connectivity index (χ2v) is 5.49. The Kier molecular flexibility index (Phi) is 6.06. The minimum Gasteiger partial charge on any atom is -0.396 e. The lowest BCUT2D eigenvalue weighted by atomic mass is 9.76. The van der Waals surface area contributed by atoms with Crippen LogP contribution in [0.4, 0.5) is 13.2 Å². The lowest BCUT2D eigenvalue weighted by Gasteiger charge is -2.31. The average Bonchev–Trinajstić information content (AvgIpc) is 2.43. The van der Waals surface area contributed by atoms with E-state index < -0.39 is 11.7 Å². The Morgan fingerprint density at radius 3 is 2.05 bits per heavy atom. The molecule has 1 aromatic carbocycles. The van der Waals surface area contributed by atoms with Crippen LogP contribution in [0.1, 0.15) is 50.7 Å². The second kappa shape index (κ2) is 7.11. The number of halogens is 3. The summed E-state index contributed by atoms with van der Waals surface area (Å²) in [4.78, 5) is 0. The van der Waals surface area contributed by atoms with Crippen molar-refractivity contribution >= 4 is 0 Å². The highest BCUT2D eigenvalue weighted by atomic mass is 19.4. The number of aliphatic hydroxyl groups excluding tert-OH is 1. The van der Waals surface area contributed by atoms with Crippen molar-refractivity contribution in [3.05, 3.63) is 35.4 Å². The van der Waals surface area contributed by atoms with Gasteiger partial charge in [0.2, 0.25) is 0 Å². The monoisotopic (exact) mass is 288 g/mol. The van der Waals surface area contributed by atoms with Crippen LogP contribution in [-0.4, -0.2) is 11.7 Å². The molecule has 1 nitrogen and oxygen atoms in total. The third-order valence-electron chi connectivity index (χ3n) is 4.01. The fourth-order valence-corrected chi connectivity index (χ4v) is 2.43. The molecule has 0 aliphatic heterocycles. The number of aliphatic hydroxyl groups is 1. The van der Waals surface area contributed by atoms with Gasteiger partial charge >= 0.3 is 6.18 Å². The van der Waals surface area contributed by atoms with Crippen LogP contribution < -0.4 is 0 Å². The van der Waals surface area contributed by atoms with Crippen molar-refractivity contribution in [2.24, 2.45) is 5.41 Å². The molecule has 0 aromatic heterocycles. The first-order chi connectivity index (χ1) is 9.37. The maximum absolute atomic E-state index is 12.5. The number of rotatable bonds is 7. The Bertz CT molecular complexity index is 391. The molecule has 0 heterocycles. The van der Waals surface area contributed by atoms with Crippen molar-refractivity contribution < 1.29 is 18.3 Å². The smallest absolute Gasteiger partial charge is 0.396 e. The molecule has 1 N–H and O–H groups in total. The normalized spacial score (nSPS) is 15.1. The lowest BCUT2D eigenvalue weighted by Crippen LogP contribution is -2.27. The number of benzene rings is 1. The van der Waals surface area contributed by atoms with Crippen molar-refractivity contribution in [3.8, 4) is 0 Å². The molecule has 1 unspecified atom stereocenters. The second-order valence-electron chi connectivity index (χ2n) is 5.49. The summed E-state index contributed by atoms with van der Waals surface area (Å²) in [5.74, 6) is 0. The molecular formula is C16H23F3O. The van der Waals surface area contributed by atoms with E-state index in [-0.39, 0.29) is 12.0 Å². The molecule has 0 fully saturated rings. The van der Waals surface area contributed by atoms with Crippen LogP contribution in [0.3, 0.4) is 0 Å². The Hall–Kier alpha value is -1.03. The van der Waals surface area contributed by atoms with Crippen molar-refractivity contribution in [2.45, 2.75) is 52.1 Å². The van der Waals surface area contributed by atoms with Crippen LogP contribution in [0.2, 0.25) is 0 Å². The standard InChI is InChI=1S/C16H23F3O/c1-3-5-10-15(4-2,12-20)11-13-6-8-14(9-7-13)16(17,18)19/h6-9,20H,3-5,10-12H2,1-2H3. The van der Waals surface area contributed by atoms with Gasteiger partial charge < -0.3 is 5.11 Å². The van der Waals surface area contributed by atoms with Gasteiger partial charge in [-0.2, -0.15) is 13.2 Å². The molecule has 1 rings (SSSR count). The lowest BCUT2D eigenvalue weighted by molar-refractivity contribution is -0.137. The molecule has 1 atom stereocenters. The summed E-state index contributed by atoms with van der Waals surface area (Å²) in [5, 5.41) is 9.67. The fraction of sp³-hybridized carbons (Fsp3) is 0.625. The minimum atomic E-state index is -4.29. The van der Waals surface area contributed by atoms with E-state index in [0.717, 1.165) is 43.4 Å². The van der Waals surface area contributed by atoms with Crippen molar-refractivity contribution in [2.75, 3.05) is 6.61 Å². The first kappa shape index (κ1) is 17.0. The molecule has 0 saturated carbocycles. The van der Waals surface area contributed by atoms with Gasteiger partial charge in [0.1, 0.15) is 0 Å². The van der Waals surface area contributed by atoms with Gasteiger partial charge in [-0.1, -0.05) is 38.8 Å². The summed E-state index contributed by atoms with van der Waals surface area (Å²) in [7, 11) is 0. The summed E-state index contributed by atoms with van der Waals surface area (Å²) in [6, 6.07) is 5.28. The summed E-state index contributed by atoms with van der Waals surface area (Å²) < 4.78 is 37.5. The molecule has 0 saturated heterocycles. The minimum absolute atomic E-state index is 0.0739. The highest BCUT2D eigenvalue weighted by Crippen LogP contribution is 2.34. The van der Waals surface area contributed by atoms with Crippen molar-refractivity contribution in [1.29, 1.82) is 0 Å². The topological polar surface area (TPSA) is 20.2 Å². The molecule has 0 radical (unpaired) electrons. The van der Waals surface area contributed by atoms with Gasteiger partial charge in [-0.3, -0.25) is 0 Å². The number of unbranched alkanes of at least 4 members (excludes halogenated alkanes) is 1. The molecule has 0 aliphatic carbocycles. The number of hydrogen-bond donors (Lipinski definition) is 1. The van der Waals surface area contributed by atoms with E-state index in [1.165, 1.54) is 12.1 Å². The number of alkyl halides is 3. The largest absolute Gasteiger partial charge is 0.416 e. The molecule has 0 bridgehead atoms. The zero-order valence-electron chi connectivity index (χ0n) is 12.1. The van der Waals surface area contributed by atoms with E-state index in [9.17, 15) is 18.3 Å². The van der Waals surface area contributed by atoms with Crippen LogP contribution in [0.15, 0.2) is 24.3 Å². The van der Waals surface area contributed by atoms with E-state index in [0.29, 0.717) is 6.42 Å². The Morgan fingerprint density at radius 2 is 1.65 bits per heavy atom. The van der Waals surface area contributed by atoms with Crippen molar-refractivity contribution in [3.63, 3.8) is 0 Å². The van der Waals surface area contributed by atoms with Gasteiger partial charge in [0.15, 0.2) is 0 Å². The zero-order chi connectivity index (χ0) is 15.2. The predicted octanol–water partition coefficient (Wildman–Crippen LogP) is 4.83. The number of hydrogen-bond acceptors (Lipinski definition) is 1. The van der Waals surface area contributed by atoms with Crippen molar-refractivity contribution in [1.82, 2.24) is 0 Å². The first-order valence-electron chi connectivity index (χ1n) is 7.14. The third-order valence-corrected chi connectivity index (χ3v) is 4.01. The summed E-state index contributed by atoms with van der Waals surface area (Å²) in [6.45, 7) is 4.19. The van der Waals surface area contributed by atoms with E-state index in [2.05, 4.69) is 6.92 Å². The predicted molar refractivity (Wildman–Crippen MR) is 74.5 cm³/mol. The van der Waals surface area contributed by atoms with Crippen LogP contribution in [0, 0.1) is 5.41 Å². The molecule has 1 aromatic rings. The van der Waals surface area contributed by atoms with Gasteiger partial charge in [0.25, 0.3) is 0 Å². The van der Waals surface area contributed by atoms with Crippen LogP contribution in [0.25, 0.3) is 0 Å². The van der Waals surface area contributed by atoms with E-state index in [1.54, 1.807) is 0 Å². The summed E-state index contributed by atoms with van der Waals surface area (Å²) in [5.41, 5.74) is 0.0152. The van der Waals surface area contributed by atoms with Gasteiger partial charge in [-0.05, 0) is 42.4 Å². The molecule has 0 spiro atoms. The van der Waals surface area contributed by atoms with E-state index in [4.69, 9.17) is 0 Å². The molecule has 0 amide bonds. The fourth-order valence-electron chi connectivity index (χ4n) is 2.43. The van der Waals surface area contributed by atoms with Gasteiger partial charge in [0.05, 0.1) is 5.56 Å². The van der Waals surface area contributed by atoms with Crippen LogP contribution >= 0.6 is 0 Å². The quantitative estimate of drug-likeness (QED) is 0.762. The highest BCUT2D eigenvalue weighted by Gasteiger charge is 2.31. The van der Waals surface area contributed by atoms with E-state index in [1.807, 2.05) is 6.92 Å². The average molecular weight is 288 g/mol. The summed E-state index contributed by atoms with van der Waals surface area (Å²) in [6.07, 6.45) is 0.129. The maximum atomic E-state index is 12.5. The zero-order valence-corrected chi connectivity index (χ0v) is 12.1. The molecule has 114 valence electrons. The molecule has 4 heteroatoms. The van der Waals surface area contributed by atoms with Gasteiger partial charge in [0, 0.05) is 6.61 Å². The van der Waals surface area contributed by atoms with Crippen LogP contribution in [0.5, 0.6) is 0 Å². The highest BCUT2D eigenvalue weighted by molar-refractivity contribution is 5.25. The summed E-state index contributed by atoms with van der Waals surface area (Å²) >= 11 is 0. The van der Waals surface area contributed by atoms with E-state index >= 15 is 0 Å². The maximum Gasteiger partial charge on any atom is 0.416 e. The third kappa shape index (κ3) is 4.51. The molecule has 0 aliphatic rings. The Morgan fingerprint density at radius 1 is 1.05 bits per heavy atom. The first-order valence-corrected chi connectivity index (χ1v) is 7.14. The molecule has 20 heavy (non-hydrogen) atoms. The Balaban J connectivity index is 2.84.